The quantitative estimate of drug-likeness (QED) is 0.191. The first-order chi connectivity index (χ1) is 35.5. The van der Waals surface area contributed by atoms with Gasteiger partial charge >= 0.3 is 0 Å². The summed E-state index contributed by atoms with van der Waals surface area (Å²) in [6, 6.07) is 33.3. The summed E-state index contributed by atoms with van der Waals surface area (Å²) >= 11 is 0. The van der Waals surface area contributed by atoms with Crippen molar-refractivity contribution in [2.45, 2.75) is 103 Å². The number of benzene rings is 4. The van der Waals surface area contributed by atoms with Crippen molar-refractivity contribution in [2.24, 2.45) is 29.6 Å². The van der Waals surface area contributed by atoms with Gasteiger partial charge in [0, 0.05) is 34.5 Å². The van der Waals surface area contributed by atoms with Crippen LogP contribution in [0, 0.1) is 29.6 Å². The Morgan fingerprint density at radius 1 is 0.411 bits per heavy atom. The van der Waals surface area contributed by atoms with Gasteiger partial charge in [-0.3, -0.25) is 0 Å². The normalized spacial score (nSPS) is 27.6. The molecule has 4 aromatic carbocycles. The third-order valence-electron chi connectivity index (χ3n) is 20.2. The fraction of sp³-hybridized carbons (Fsp3) is 0.288. The van der Waals surface area contributed by atoms with E-state index in [9.17, 15) is 0 Å². The van der Waals surface area contributed by atoms with Crippen molar-refractivity contribution in [3.8, 4) is 0 Å². The van der Waals surface area contributed by atoms with Crippen molar-refractivity contribution in [1.29, 1.82) is 0 Å². The molecule has 0 saturated carbocycles. The number of fused-ring (bicyclic) bond motifs is 11. The number of hydrogen-bond acceptors (Lipinski definition) is 0. The molecule has 0 N–H and O–H groups in total. The lowest BCUT2D eigenvalue weighted by Gasteiger charge is -2.38. The van der Waals surface area contributed by atoms with Crippen LogP contribution in [-0.4, -0.2) is 0 Å². The summed E-state index contributed by atoms with van der Waals surface area (Å²) in [4.78, 5) is 0. The molecule has 0 nitrogen and oxygen atoms in total. The molecule has 5 unspecified atom stereocenters. The highest BCUT2D eigenvalue weighted by Gasteiger charge is 2.49. The number of hydrogen-bond donors (Lipinski definition) is 0. The molecule has 0 aromatic heterocycles. The molecule has 358 valence electrons. The SMILES string of the molecule is CC1(C)C2=C(CCC(C3=c4ccccc4=C(C4=CC=CCC4)C4C=CC=CC34)=C2)c2cc3c(cc21)C1=CC=C(C2=c4ccccc4=C(C4=CC5=C(CC4)c4ccccc4C5(C)C)C4C=CC=CC24)CC1C3(C)C. The van der Waals surface area contributed by atoms with Crippen LogP contribution in [0.4, 0.5) is 0 Å². The molecule has 0 amide bonds. The van der Waals surface area contributed by atoms with E-state index in [0.717, 1.165) is 44.9 Å². The van der Waals surface area contributed by atoms with Crippen LogP contribution in [0.2, 0.25) is 0 Å². The molecule has 0 heterocycles. The Morgan fingerprint density at radius 2 is 0.904 bits per heavy atom. The minimum Gasteiger partial charge on any atom is -0.0842 e. The summed E-state index contributed by atoms with van der Waals surface area (Å²) in [5.74, 6) is 1.73. The lowest BCUT2D eigenvalue weighted by molar-refractivity contribution is 0.409. The smallest absolute Gasteiger partial charge is 0.0155 e. The van der Waals surface area contributed by atoms with Crippen LogP contribution in [0.25, 0.3) is 39.0 Å². The Hall–Kier alpha value is -6.76. The molecule has 0 spiro atoms. The average molecular weight is 943 g/mol. The van der Waals surface area contributed by atoms with Gasteiger partial charge in [-0.1, -0.05) is 205 Å². The van der Waals surface area contributed by atoms with Crippen molar-refractivity contribution >= 4 is 39.0 Å². The highest BCUT2D eigenvalue weighted by Crippen LogP contribution is 2.61. The summed E-state index contributed by atoms with van der Waals surface area (Å²) in [7, 11) is 0. The fourth-order valence-electron chi connectivity index (χ4n) is 16.6. The molecule has 73 heavy (non-hydrogen) atoms. The molecular weight excluding hydrogens is 877 g/mol. The van der Waals surface area contributed by atoms with E-state index in [1.807, 2.05) is 0 Å². The van der Waals surface area contributed by atoms with Crippen LogP contribution >= 0.6 is 0 Å². The van der Waals surface area contributed by atoms with Gasteiger partial charge in [-0.25, -0.2) is 0 Å². The van der Waals surface area contributed by atoms with Gasteiger partial charge in [-0.15, -0.1) is 0 Å². The second-order valence-corrected chi connectivity index (χ2v) is 24.7. The first-order valence-corrected chi connectivity index (χ1v) is 27.8. The Labute approximate surface area is 432 Å². The highest BCUT2D eigenvalue weighted by molar-refractivity contribution is 5.93. The molecule has 4 aromatic rings. The third kappa shape index (κ3) is 6.08. The molecule has 0 aliphatic heterocycles. The Morgan fingerprint density at radius 3 is 1.47 bits per heavy atom. The van der Waals surface area contributed by atoms with Crippen molar-refractivity contribution < 1.29 is 0 Å². The van der Waals surface area contributed by atoms with E-state index < -0.39 is 0 Å². The summed E-state index contributed by atoms with van der Waals surface area (Å²) in [5.41, 5.74) is 29.0. The van der Waals surface area contributed by atoms with Gasteiger partial charge in [-0.2, -0.15) is 0 Å². The van der Waals surface area contributed by atoms with Gasteiger partial charge in [0.2, 0.25) is 0 Å². The van der Waals surface area contributed by atoms with Gasteiger partial charge in [0.05, 0.1) is 0 Å². The molecule has 5 atom stereocenters. The van der Waals surface area contributed by atoms with Gasteiger partial charge in [-0.05, 0) is 195 Å². The molecular formula is C73H66. The molecule has 0 bridgehead atoms. The summed E-state index contributed by atoms with van der Waals surface area (Å²) in [5, 5.41) is 5.76. The van der Waals surface area contributed by atoms with E-state index >= 15 is 0 Å². The van der Waals surface area contributed by atoms with Gasteiger partial charge in [0.15, 0.2) is 0 Å². The van der Waals surface area contributed by atoms with Crippen molar-refractivity contribution in [3.05, 3.63) is 264 Å². The van der Waals surface area contributed by atoms with Crippen molar-refractivity contribution in [2.75, 3.05) is 0 Å². The number of rotatable bonds is 4. The fourth-order valence-corrected chi connectivity index (χ4v) is 16.6. The van der Waals surface area contributed by atoms with Crippen LogP contribution in [0.5, 0.6) is 0 Å². The maximum absolute atomic E-state index is 2.69. The topological polar surface area (TPSA) is 0 Å². The largest absolute Gasteiger partial charge is 0.0842 e. The number of allylic oxidation sites excluding steroid dienone is 24. The zero-order chi connectivity index (χ0) is 49.1. The van der Waals surface area contributed by atoms with Gasteiger partial charge in [0.25, 0.3) is 0 Å². The molecule has 0 fully saturated rings. The first kappa shape index (κ1) is 43.8. The van der Waals surface area contributed by atoms with Crippen LogP contribution in [0.3, 0.4) is 0 Å². The average Bonchev–Trinajstić information content (AvgIpc) is 3.89. The second-order valence-electron chi connectivity index (χ2n) is 24.7. The van der Waals surface area contributed by atoms with E-state index in [1.165, 1.54) is 71.0 Å². The Bertz CT molecular complexity index is 3900. The second kappa shape index (κ2) is 15.6. The summed E-state index contributed by atoms with van der Waals surface area (Å²) < 4.78 is 0. The van der Waals surface area contributed by atoms with Gasteiger partial charge < -0.3 is 0 Å². The van der Waals surface area contributed by atoms with Crippen LogP contribution < -0.4 is 20.9 Å². The maximum Gasteiger partial charge on any atom is 0.0155 e. The third-order valence-corrected chi connectivity index (χ3v) is 20.2. The Kier molecular flexibility index (Phi) is 9.38. The minimum absolute atomic E-state index is 0.00506. The highest BCUT2D eigenvalue weighted by atomic mass is 14.5. The van der Waals surface area contributed by atoms with E-state index in [2.05, 4.69) is 218 Å². The van der Waals surface area contributed by atoms with E-state index in [1.54, 1.807) is 55.7 Å². The van der Waals surface area contributed by atoms with Crippen LogP contribution in [-0.2, 0) is 16.2 Å². The van der Waals surface area contributed by atoms with Gasteiger partial charge in [0.1, 0.15) is 0 Å². The predicted octanol–water partition coefficient (Wildman–Crippen LogP) is 14.6. The lowest BCUT2D eigenvalue weighted by Crippen LogP contribution is -2.41. The zero-order valence-electron chi connectivity index (χ0n) is 43.6. The molecule has 0 radical (unpaired) electrons. The predicted molar refractivity (Wildman–Crippen MR) is 307 cm³/mol. The summed E-state index contributed by atoms with van der Waals surface area (Å²) in [6.45, 7) is 15.0. The standard InChI is InChI=1S/C73H66/c1-71(2)61-31-19-18-22-47(61)48-35-32-44(38-62(48)71)69-55-27-14-16-29-57(55)70(58-30-17-15-28-56(58)69)46-34-37-50-60-42-65-59(41-66(60)73(5,6)64(50)40-46)49-36-33-45(39-63(49)72(65,3)4)68-53-25-12-10-23-51(53)67(43-20-8-7-9-21-43)52-24-11-13-26-54(52)68/h7-8,10-20,22-31,34,37-39,41-42,51,53,55,57,64H,9,21,32-33,35-36,40H2,1-6H3. The monoisotopic (exact) mass is 943 g/mol. The first-order valence-electron chi connectivity index (χ1n) is 27.8. The lowest BCUT2D eigenvalue weighted by atomic mass is 9.65. The van der Waals surface area contributed by atoms with Crippen LogP contribution in [0.1, 0.15) is 120 Å². The molecule has 0 saturated heterocycles. The molecule has 11 aliphatic carbocycles. The molecule has 15 rings (SSSR count). The van der Waals surface area contributed by atoms with E-state index in [4.69, 9.17) is 0 Å². The molecule has 11 aliphatic rings. The minimum atomic E-state index is -0.0914. The van der Waals surface area contributed by atoms with Crippen molar-refractivity contribution in [3.63, 3.8) is 0 Å². The zero-order valence-corrected chi connectivity index (χ0v) is 43.6. The Balaban J connectivity index is 0.825. The summed E-state index contributed by atoms with van der Waals surface area (Å²) in [6.07, 6.45) is 44.4. The van der Waals surface area contributed by atoms with E-state index in [0.29, 0.717) is 29.6 Å². The van der Waals surface area contributed by atoms with Crippen molar-refractivity contribution in [1.82, 2.24) is 0 Å². The molecule has 0 heteroatoms. The maximum atomic E-state index is 2.69. The van der Waals surface area contributed by atoms with Crippen LogP contribution in [0.15, 0.2) is 210 Å². The van der Waals surface area contributed by atoms with E-state index in [-0.39, 0.29) is 16.2 Å².